The highest BCUT2D eigenvalue weighted by Gasteiger charge is 2.29. The molecule has 0 aliphatic carbocycles. The molecule has 0 unspecified atom stereocenters. The minimum Gasteiger partial charge on any atom is -0.348 e. The summed E-state index contributed by atoms with van der Waals surface area (Å²) in [4.78, 5) is 16.8. The molecular formula is C26H24Cl2FN5O. The molecule has 2 amide bonds. The standard InChI is InChI=1S/C26H23ClFN5O.ClH/c1-17-16-32(26(34)29-21-12-8-19(27)9-13-21)14-15-33(17)25-23-5-3-2-4-22(23)24(30-31-25)18-6-10-20(28)11-7-18;/h2-13,17H,14-16H2,1H3,(H,29,34);1H/t17-;/m0./s1. The number of fused-ring (bicyclic) bond motifs is 1. The van der Waals surface area contributed by atoms with Crippen LogP contribution in [0.4, 0.5) is 20.7 Å². The molecule has 5 rings (SSSR count). The molecule has 0 bridgehead atoms. The summed E-state index contributed by atoms with van der Waals surface area (Å²) < 4.78 is 13.4. The monoisotopic (exact) mass is 511 g/mol. The summed E-state index contributed by atoms with van der Waals surface area (Å²) in [5.41, 5.74) is 2.24. The zero-order valence-corrected chi connectivity index (χ0v) is 20.6. The molecule has 4 aromatic rings. The first-order valence-electron chi connectivity index (χ1n) is 11.1. The fraction of sp³-hybridized carbons (Fsp3) is 0.192. The lowest BCUT2D eigenvalue weighted by Crippen LogP contribution is -2.55. The molecule has 35 heavy (non-hydrogen) atoms. The predicted molar refractivity (Wildman–Crippen MR) is 141 cm³/mol. The van der Waals surface area contributed by atoms with Crippen molar-refractivity contribution in [2.75, 3.05) is 29.9 Å². The number of amides is 2. The predicted octanol–water partition coefficient (Wildman–Crippen LogP) is 6.25. The van der Waals surface area contributed by atoms with Crippen LogP contribution in [0.25, 0.3) is 22.0 Å². The van der Waals surface area contributed by atoms with Crippen LogP contribution >= 0.6 is 24.0 Å². The van der Waals surface area contributed by atoms with Gasteiger partial charge in [-0.3, -0.25) is 0 Å². The third kappa shape index (κ3) is 5.16. The molecular weight excluding hydrogens is 488 g/mol. The van der Waals surface area contributed by atoms with E-state index in [1.165, 1.54) is 12.1 Å². The van der Waals surface area contributed by atoms with Crippen LogP contribution in [0.15, 0.2) is 72.8 Å². The highest BCUT2D eigenvalue weighted by atomic mass is 35.5. The van der Waals surface area contributed by atoms with Gasteiger partial charge in [0.1, 0.15) is 11.5 Å². The van der Waals surface area contributed by atoms with Gasteiger partial charge in [0, 0.05) is 52.7 Å². The van der Waals surface area contributed by atoms with E-state index in [0.717, 1.165) is 22.2 Å². The van der Waals surface area contributed by atoms with Crippen molar-refractivity contribution >= 4 is 52.3 Å². The van der Waals surface area contributed by atoms with E-state index in [0.29, 0.717) is 36.0 Å². The number of piperazine rings is 1. The van der Waals surface area contributed by atoms with Crippen LogP contribution in [0, 0.1) is 5.82 Å². The SMILES string of the molecule is C[C@H]1CN(C(=O)Nc2ccc(Cl)cc2)CCN1c1nnc(-c2ccc(F)cc2)c2ccccc12.Cl. The van der Waals surface area contributed by atoms with Gasteiger partial charge < -0.3 is 15.1 Å². The molecule has 1 atom stereocenters. The number of nitrogens with zero attached hydrogens (tertiary/aromatic N) is 4. The van der Waals surface area contributed by atoms with Crippen molar-refractivity contribution in [2.45, 2.75) is 13.0 Å². The number of nitrogens with one attached hydrogen (secondary N) is 1. The number of carbonyl (C=O) groups excluding carboxylic acids is 1. The summed E-state index contributed by atoms with van der Waals surface area (Å²) in [6.45, 7) is 3.81. The molecule has 3 aromatic carbocycles. The van der Waals surface area contributed by atoms with E-state index in [1.807, 2.05) is 24.3 Å². The zero-order chi connectivity index (χ0) is 23.7. The van der Waals surface area contributed by atoms with E-state index in [-0.39, 0.29) is 30.3 Å². The smallest absolute Gasteiger partial charge is 0.321 e. The van der Waals surface area contributed by atoms with Crippen LogP contribution in [0.3, 0.4) is 0 Å². The molecule has 1 aliphatic heterocycles. The van der Waals surface area contributed by atoms with Gasteiger partial charge >= 0.3 is 6.03 Å². The van der Waals surface area contributed by atoms with E-state index in [4.69, 9.17) is 11.6 Å². The maximum absolute atomic E-state index is 13.4. The topological polar surface area (TPSA) is 61.4 Å². The largest absolute Gasteiger partial charge is 0.348 e. The molecule has 1 saturated heterocycles. The van der Waals surface area contributed by atoms with Crippen LogP contribution in [0.2, 0.25) is 5.02 Å². The molecule has 0 spiro atoms. The summed E-state index contributed by atoms with van der Waals surface area (Å²) in [5.74, 6) is 0.496. The molecule has 1 aromatic heterocycles. The number of halogens is 3. The van der Waals surface area contributed by atoms with Gasteiger partial charge in [0.25, 0.3) is 0 Å². The first-order chi connectivity index (χ1) is 16.5. The zero-order valence-electron chi connectivity index (χ0n) is 19.0. The Labute approximate surface area is 214 Å². The van der Waals surface area contributed by atoms with Gasteiger partial charge in [-0.2, -0.15) is 0 Å². The lowest BCUT2D eigenvalue weighted by molar-refractivity contribution is 0.200. The average Bonchev–Trinajstić information content (AvgIpc) is 2.85. The van der Waals surface area contributed by atoms with Crippen LogP contribution in [0.1, 0.15) is 6.92 Å². The van der Waals surface area contributed by atoms with Crippen molar-refractivity contribution in [1.82, 2.24) is 15.1 Å². The summed E-state index contributed by atoms with van der Waals surface area (Å²) in [5, 5.41) is 14.6. The quantitative estimate of drug-likeness (QED) is 0.352. The van der Waals surface area contributed by atoms with Crippen molar-refractivity contribution in [1.29, 1.82) is 0 Å². The maximum Gasteiger partial charge on any atom is 0.321 e. The number of carbonyl (C=O) groups is 1. The average molecular weight is 512 g/mol. The molecule has 1 N–H and O–H groups in total. The van der Waals surface area contributed by atoms with Gasteiger partial charge in [0.05, 0.1) is 0 Å². The number of hydrogen-bond donors (Lipinski definition) is 1. The number of aromatic nitrogens is 2. The highest BCUT2D eigenvalue weighted by Crippen LogP contribution is 2.33. The van der Waals surface area contributed by atoms with Gasteiger partial charge in [-0.1, -0.05) is 35.9 Å². The van der Waals surface area contributed by atoms with E-state index >= 15 is 0 Å². The Morgan fingerprint density at radius 1 is 0.971 bits per heavy atom. The first-order valence-corrected chi connectivity index (χ1v) is 11.5. The fourth-order valence-corrected chi connectivity index (χ4v) is 4.44. The highest BCUT2D eigenvalue weighted by molar-refractivity contribution is 6.30. The molecule has 6 nitrogen and oxygen atoms in total. The Balaban J connectivity index is 0.00000289. The van der Waals surface area contributed by atoms with Gasteiger partial charge in [-0.05, 0) is 55.5 Å². The van der Waals surface area contributed by atoms with Gasteiger partial charge in [0.2, 0.25) is 0 Å². The maximum atomic E-state index is 13.4. The second-order valence-electron chi connectivity index (χ2n) is 8.35. The molecule has 2 heterocycles. The minimum atomic E-state index is -0.288. The van der Waals surface area contributed by atoms with Gasteiger partial charge in [0.15, 0.2) is 5.82 Å². The molecule has 180 valence electrons. The lowest BCUT2D eigenvalue weighted by Gasteiger charge is -2.40. The molecule has 1 fully saturated rings. The third-order valence-corrected chi connectivity index (χ3v) is 6.32. The van der Waals surface area contributed by atoms with Crippen molar-refractivity contribution in [2.24, 2.45) is 0 Å². The number of anilines is 2. The van der Waals surface area contributed by atoms with Crippen molar-refractivity contribution in [3.05, 3.63) is 83.6 Å². The van der Waals surface area contributed by atoms with Crippen molar-refractivity contribution in [3.63, 3.8) is 0 Å². The first kappa shape index (κ1) is 24.7. The van der Waals surface area contributed by atoms with Gasteiger partial charge in [-0.15, -0.1) is 22.6 Å². The van der Waals surface area contributed by atoms with Crippen LogP contribution in [-0.2, 0) is 0 Å². The Bertz CT molecular complexity index is 1330. The van der Waals surface area contributed by atoms with Crippen LogP contribution < -0.4 is 10.2 Å². The lowest BCUT2D eigenvalue weighted by atomic mass is 10.0. The van der Waals surface area contributed by atoms with E-state index in [1.54, 1.807) is 41.3 Å². The Morgan fingerprint density at radius 2 is 1.66 bits per heavy atom. The summed E-state index contributed by atoms with van der Waals surface area (Å²) in [6, 6.07) is 21.2. The Hall–Kier alpha value is -3.42. The van der Waals surface area contributed by atoms with Crippen molar-refractivity contribution < 1.29 is 9.18 Å². The van der Waals surface area contributed by atoms with Gasteiger partial charge in [-0.25, -0.2) is 9.18 Å². The molecule has 1 aliphatic rings. The minimum absolute atomic E-state index is 0. The van der Waals surface area contributed by atoms with E-state index in [2.05, 4.69) is 27.3 Å². The normalized spacial score (nSPS) is 15.6. The molecule has 9 heteroatoms. The number of benzene rings is 3. The second kappa shape index (κ2) is 10.5. The Kier molecular flexibility index (Phi) is 7.38. The van der Waals surface area contributed by atoms with Crippen LogP contribution in [0.5, 0.6) is 0 Å². The van der Waals surface area contributed by atoms with Crippen molar-refractivity contribution in [3.8, 4) is 11.3 Å². The van der Waals surface area contributed by atoms with E-state index < -0.39 is 0 Å². The third-order valence-electron chi connectivity index (χ3n) is 6.07. The number of urea groups is 1. The summed E-state index contributed by atoms with van der Waals surface area (Å²) in [6.07, 6.45) is 0. The fourth-order valence-electron chi connectivity index (χ4n) is 4.32. The van der Waals surface area contributed by atoms with E-state index in [9.17, 15) is 9.18 Å². The van der Waals surface area contributed by atoms with Crippen LogP contribution in [-0.4, -0.2) is 46.8 Å². The Morgan fingerprint density at radius 3 is 2.34 bits per heavy atom. The molecule has 0 saturated carbocycles. The summed E-state index contributed by atoms with van der Waals surface area (Å²) >= 11 is 5.93. The number of rotatable bonds is 3. The number of hydrogen-bond acceptors (Lipinski definition) is 4. The summed E-state index contributed by atoms with van der Waals surface area (Å²) in [7, 11) is 0. The molecule has 0 radical (unpaired) electrons. The second-order valence-corrected chi connectivity index (χ2v) is 8.79.